The summed E-state index contributed by atoms with van der Waals surface area (Å²) < 4.78 is 0. The minimum atomic E-state index is -0.235. The number of anilines is 2. The van der Waals surface area contributed by atoms with Crippen LogP contribution < -0.4 is 16.0 Å². The standard InChI is InChI=1S/C19H21N3O2/c23-18(15-6-7-15)21-16-8-10-17(11-9-16)22-19(24)20-13-12-14-4-2-1-3-5-14/h1-5,8-11,15H,6-7,12-13H2,(H,21,23)(H2,20,22,24). The van der Waals surface area contributed by atoms with Crippen molar-refractivity contribution in [3.05, 3.63) is 60.2 Å². The third kappa shape index (κ3) is 4.84. The Morgan fingerprint density at radius 1 is 0.875 bits per heavy atom. The summed E-state index contributed by atoms with van der Waals surface area (Å²) >= 11 is 0. The normalized spacial score (nSPS) is 13.2. The van der Waals surface area contributed by atoms with E-state index in [0.29, 0.717) is 12.2 Å². The molecule has 1 fully saturated rings. The van der Waals surface area contributed by atoms with E-state index < -0.39 is 0 Å². The van der Waals surface area contributed by atoms with Crippen LogP contribution in [-0.4, -0.2) is 18.5 Å². The van der Waals surface area contributed by atoms with Gasteiger partial charge in [0.05, 0.1) is 0 Å². The zero-order chi connectivity index (χ0) is 16.8. The lowest BCUT2D eigenvalue weighted by Gasteiger charge is -2.09. The molecule has 24 heavy (non-hydrogen) atoms. The molecular formula is C19H21N3O2. The van der Waals surface area contributed by atoms with Gasteiger partial charge in [0, 0.05) is 23.8 Å². The lowest BCUT2D eigenvalue weighted by Crippen LogP contribution is -2.30. The van der Waals surface area contributed by atoms with Crippen molar-refractivity contribution in [2.75, 3.05) is 17.2 Å². The van der Waals surface area contributed by atoms with Crippen LogP contribution in [-0.2, 0) is 11.2 Å². The van der Waals surface area contributed by atoms with E-state index in [1.54, 1.807) is 24.3 Å². The van der Waals surface area contributed by atoms with E-state index in [1.165, 1.54) is 5.56 Å². The molecule has 5 nitrogen and oxygen atoms in total. The van der Waals surface area contributed by atoms with Gasteiger partial charge in [0.25, 0.3) is 0 Å². The number of amides is 3. The van der Waals surface area contributed by atoms with Crippen LogP contribution in [0.3, 0.4) is 0 Å². The van der Waals surface area contributed by atoms with E-state index in [4.69, 9.17) is 0 Å². The van der Waals surface area contributed by atoms with Gasteiger partial charge in [-0.05, 0) is 49.1 Å². The number of carbonyl (C=O) groups excluding carboxylic acids is 2. The molecule has 0 saturated heterocycles. The fourth-order valence-electron chi connectivity index (χ4n) is 2.37. The van der Waals surface area contributed by atoms with E-state index in [2.05, 4.69) is 16.0 Å². The highest BCUT2D eigenvalue weighted by atomic mass is 16.2. The Balaban J connectivity index is 1.41. The first-order valence-corrected chi connectivity index (χ1v) is 8.20. The zero-order valence-corrected chi connectivity index (χ0v) is 13.4. The molecule has 1 saturated carbocycles. The third-order valence-electron chi connectivity index (χ3n) is 3.90. The van der Waals surface area contributed by atoms with Gasteiger partial charge in [-0.1, -0.05) is 30.3 Å². The predicted molar refractivity (Wildman–Crippen MR) is 95.0 cm³/mol. The molecular weight excluding hydrogens is 302 g/mol. The zero-order valence-electron chi connectivity index (χ0n) is 13.4. The van der Waals surface area contributed by atoms with E-state index >= 15 is 0 Å². The van der Waals surface area contributed by atoms with Crippen molar-refractivity contribution in [1.82, 2.24) is 5.32 Å². The quantitative estimate of drug-likeness (QED) is 0.762. The Kier molecular flexibility index (Phi) is 5.11. The Morgan fingerprint density at radius 3 is 2.12 bits per heavy atom. The summed E-state index contributed by atoms with van der Waals surface area (Å²) in [5.74, 6) is 0.257. The molecule has 2 aromatic rings. The Morgan fingerprint density at radius 2 is 1.50 bits per heavy atom. The number of benzene rings is 2. The molecule has 3 rings (SSSR count). The second-order valence-electron chi connectivity index (χ2n) is 5.96. The summed E-state index contributed by atoms with van der Waals surface area (Å²) in [7, 11) is 0. The molecule has 0 aromatic heterocycles. The molecule has 3 amide bonds. The molecule has 0 spiro atoms. The van der Waals surface area contributed by atoms with Crippen LogP contribution in [0.5, 0.6) is 0 Å². The van der Waals surface area contributed by atoms with Crippen molar-refractivity contribution in [1.29, 1.82) is 0 Å². The van der Waals surface area contributed by atoms with Crippen LogP contribution in [0, 0.1) is 5.92 Å². The fourth-order valence-corrected chi connectivity index (χ4v) is 2.37. The van der Waals surface area contributed by atoms with Gasteiger partial charge in [0.2, 0.25) is 5.91 Å². The summed E-state index contributed by atoms with van der Waals surface area (Å²) in [6.45, 7) is 0.575. The second-order valence-corrected chi connectivity index (χ2v) is 5.96. The van der Waals surface area contributed by atoms with E-state index in [1.807, 2.05) is 30.3 Å². The van der Waals surface area contributed by atoms with Crippen LogP contribution >= 0.6 is 0 Å². The van der Waals surface area contributed by atoms with Gasteiger partial charge in [-0.2, -0.15) is 0 Å². The third-order valence-corrected chi connectivity index (χ3v) is 3.90. The Bertz CT molecular complexity index is 694. The summed E-state index contributed by atoms with van der Waals surface area (Å²) in [4.78, 5) is 23.6. The molecule has 0 heterocycles. The number of rotatable bonds is 6. The number of carbonyl (C=O) groups is 2. The van der Waals surface area contributed by atoms with Crippen molar-refractivity contribution in [3.63, 3.8) is 0 Å². The van der Waals surface area contributed by atoms with Crippen molar-refractivity contribution >= 4 is 23.3 Å². The van der Waals surface area contributed by atoms with Gasteiger partial charge < -0.3 is 16.0 Å². The highest BCUT2D eigenvalue weighted by molar-refractivity contribution is 5.94. The van der Waals surface area contributed by atoms with Crippen LogP contribution in [0.1, 0.15) is 18.4 Å². The SMILES string of the molecule is O=C(NCCc1ccccc1)Nc1ccc(NC(=O)C2CC2)cc1. The number of urea groups is 1. The minimum Gasteiger partial charge on any atom is -0.338 e. The largest absolute Gasteiger partial charge is 0.338 e. The van der Waals surface area contributed by atoms with Crippen LogP contribution in [0.25, 0.3) is 0 Å². The molecule has 1 aliphatic carbocycles. The lowest BCUT2D eigenvalue weighted by atomic mass is 10.1. The van der Waals surface area contributed by atoms with Crippen molar-refractivity contribution < 1.29 is 9.59 Å². The van der Waals surface area contributed by atoms with Gasteiger partial charge in [-0.3, -0.25) is 4.79 Å². The topological polar surface area (TPSA) is 70.2 Å². The molecule has 2 aromatic carbocycles. The predicted octanol–water partition coefficient (Wildman–Crippen LogP) is 3.40. The van der Waals surface area contributed by atoms with Gasteiger partial charge in [-0.25, -0.2) is 4.79 Å². The summed E-state index contributed by atoms with van der Waals surface area (Å²) in [5.41, 5.74) is 2.63. The van der Waals surface area contributed by atoms with Crippen LogP contribution in [0.15, 0.2) is 54.6 Å². The van der Waals surface area contributed by atoms with Gasteiger partial charge in [0.1, 0.15) is 0 Å². The van der Waals surface area contributed by atoms with Gasteiger partial charge >= 0.3 is 6.03 Å². The van der Waals surface area contributed by atoms with Gasteiger partial charge in [0.15, 0.2) is 0 Å². The molecule has 0 bridgehead atoms. The minimum absolute atomic E-state index is 0.0781. The van der Waals surface area contributed by atoms with E-state index in [9.17, 15) is 9.59 Å². The first kappa shape index (κ1) is 16.1. The Hall–Kier alpha value is -2.82. The summed E-state index contributed by atoms with van der Waals surface area (Å²) in [6, 6.07) is 16.9. The van der Waals surface area contributed by atoms with Crippen molar-refractivity contribution in [2.24, 2.45) is 5.92 Å². The first-order valence-electron chi connectivity index (χ1n) is 8.20. The molecule has 0 atom stereocenters. The lowest BCUT2D eigenvalue weighted by molar-refractivity contribution is -0.117. The maximum Gasteiger partial charge on any atom is 0.319 e. The number of hydrogen-bond donors (Lipinski definition) is 3. The number of hydrogen-bond acceptors (Lipinski definition) is 2. The van der Waals surface area contributed by atoms with Crippen LogP contribution in [0.4, 0.5) is 16.2 Å². The van der Waals surface area contributed by atoms with E-state index in [-0.39, 0.29) is 17.9 Å². The van der Waals surface area contributed by atoms with Crippen LogP contribution in [0.2, 0.25) is 0 Å². The van der Waals surface area contributed by atoms with Gasteiger partial charge in [-0.15, -0.1) is 0 Å². The second kappa shape index (κ2) is 7.64. The molecule has 0 aliphatic heterocycles. The molecule has 3 N–H and O–H groups in total. The average Bonchev–Trinajstić information content (AvgIpc) is 3.43. The van der Waals surface area contributed by atoms with Crippen molar-refractivity contribution in [3.8, 4) is 0 Å². The molecule has 0 radical (unpaired) electrons. The summed E-state index contributed by atoms with van der Waals surface area (Å²) in [5, 5.41) is 8.48. The molecule has 0 unspecified atom stereocenters. The molecule has 5 heteroatoms. The van der Waals surface area contributed by atoms with Crippen molar-refractivity contribution in [2.45, 2.75) is 19.3 Å². The maximum absolute atomic E-state index is 11.9. The molecule has 124 valence electrons. The smallest absolute Gasteiger partial charge is 0.319 e. The molecule has 1 aliphatic rings. The highest BCUT2D eigenvalue weighted by Gasteiger charge is 2.29. The van der Waals surface area contributed by atoms with E-state index in [0.717, 1.165) is 24.9 Å². The summed E-state index contributed by atoms with van der Waals surface area (Å²) in [6.07, 6.45) is 2.75. The number of nitrogens with one attached hydrogen (secondary N) is 3. The average molecular weight is 323 g/mol. The maximum atomic E-state index is 11.9. The fraction of sp³-hybridized carbons (Fsp3) is 0.263. The Labute approximate surface area is 141 Å². The highest BCUT2D eigenvalue weighted by Crippen LogP contribution is 2.30. The monoisotopic (exact) mass is 323 g/mol. The first-order chi connectivity index (χ1) is 11.7.